The number of amides is 1. The molecule has 0 fully saturated rings. The maximum Gasteiger partial charge on any atom is 0.340 e. The van der Waals surface area contributed by atoms with Gasteiger partial charge in [-0.15, -0.1) is 0 Å². The summed E-state index contributed by atoms with van der Waals surface area (Å²) in [5.41, 5.74) is -0.500. The normalized spacial score (nSPS) is 14.8. The lowest BCUT2D eigenvalue weighted by molar-refractivity contribution is -0.384. The van der Waals surface area contributed by atoms with Crippen LogP contribution in [0.15, 0.2) is 42.5 Å². The predicted octanol–water partition coefficient (Wildman–Crippen LogP) is 2.36. The quantitative estimate of drug-likeness (QED) is 0.444. The Morgan fingerprint density at radius 1 is 1.25 bits per heavy atom. The van der Waals surface area contributed by atoms with Gasteiger partial charge in [0.05, 0.1) is 22.1 Å². The van der Waals surface area contributed by atoms with Gasteiger partial charge < -0.3 is 19.5 Å². The summed E-state index contributed by atoms with van der Waals surface area (Å²) >= 11 is 5.86. The van der Waals surface area contributed by atoms with Crippen LogP contribution in [-0.4, -0.2) is 42.7 Å². The van der Waals surface area contributed by atoms with Gasteiger partial charge in [-0.1, -0.05) is 23.7 Å². The van der Waals surface area contributed by atoms with Gasteiger partial charge in [0, 0.05) is 12.1 Å². The average Bonchev–Trinajstić information content (AvgIpc) is 2.70. The maximum atomic E-state index is 12.0. The van der Waals surface area contributed by atoms with Crippen LogP contribution in [0, 0.1) is 10.1 Å². The summed E-state index contributed by atoms with van der Waals surface area (Å²) in [5.74, 6) is -0.278. The number of nitro benzene ring substituents is 1. The van der Waals surface area contributed by atoms with E-state index in [1.54, 1.807) is 12.1 Å². The average molecular weight is 407 g/mol. The smallest absolute Gasteiger partial charge is 0.340 e. The first kappa shape index (κ1) is 19.4. The molecule has 0 spiro atoms. The first-order valence-electron chi connectivity index (χ1n) is 8.20. The third-order valence-corrected chi connectivity index (χ3v) is 4.14. The highest BCUT2D eigenvalue weighted by atomic mass is 35.5. The molecule has 1 aliphatic rings. The van der Waals surface area contributed by atoms with E-state index in [1.165, 1.54) is 6.07 Å². The van der Waals surface area contributed by atoms with Crippen molar-refractivity contribution in [3.05, 3.63) is 63.2 Å². The van der Waals surface area contributed by atoms with E-state index in [4.69, 9.17) is 25.8 Å². The number of ether oxygens (including phenoxy) is 3. The second-order valence-electron chi connectivity index (χ2n) is 5.80. The van der Waals surface area contributed by atoms with Gasteiger partial charge >= 0.3 is 5.97 Å². The van der Waals surface area contributed by atoms with Crippen molar-refractivity contribution in [3.8, 4) is 11.5 Å². The molecule has 146 valence electrons. The Balaban J connectivity index is 1.48. The molecule has 1 atom stereocenters. The standard InChI is InChI=1S/C18H15ClN2O7/c19-14-6-5-11(21(24)25)7-13(14)18(23)27-10-17(22)20-8-12-9-26-15-3-1-2-4-16(15)28-12/h1-7,12H,8-10H2,(H,20,22)/t12-/m1/s1. The number of benzene rings is 2. The van der Waals surface area contributed by atoms with Crippen molar-refractivity contribution in [1.29, 1.82) is 0 Å². The van der Waals surface area contributed by atoms with Crippen molar-refractivity contribution < 1.29 is 28.7 Å². The predicted molar refractivity (Wildman–Crippen MR) is 97.8 cm³/mol. The van der Waals surface area contributed by atoms with Crippen molar-refractivity contribution in [2.45, 2.75) is 6.10 Å². The Bertz CT molecular complexity index is 919. The van der Waals surface area contributed by atoms with Gasteiger partial charge in [0.25, 0.3) is 11.6 Å². The number of carbonyl (C=O) groups excluding carboxylic acids is 2. The maximum absolute atomic E-state index is 12.0. The van der Waals surface area contributed by atoms with Crippen molar-refractivity contribution in [3.63, 3.8) is 0 Å². The van der Waals surface area contributed by atoms with Crippen LogP contribution in [0.3, 0.4) is 0 Å². The van der Waals surface area contributed by atoms with Gasteiger partial charge in [-0.3, -0.25) is 14.9 Å². The molecular weight excluding hydrogens is 392 g/mol. The number of non-ortho nitro benzene ring substituents is 1. The topological polar surface area (TPSA) is 117 Å². The summed E-state index contributed by atoms with van der Waals surface area (Å²) in [6.45, 7) is -0.148. The number of nitro groups is 1. The van der Waals surface area contributed by atoms with Gasteiger partial charge in [0.1, 0.15) is 12.7 Å². The van der Waals surface area contributed by atoms with E-state index in [9.17, 15) is 19.7 Å². The summed E-state index contributed by atoms with van der Waals surface area (Å²) in [4.78, 5) is 34.1. The van der Waals surface area contributed by atoms with Crippen LogP contribution in [0.5, 0.6) is 11.5 Å². The van der Waals surface area contributed by atoms with Crippen LogP contribution in [-0.2, 0) is 9.53 Å². The Hall–Kier alpha value is -3.33. The van der Waals surface area contributed by atoms with E-state index >= 15 is 0 Å². The minimum absolute atomic E-state index is 0.0116. The number of nitrogens with zero attached hydrogens (tertiary/aromatic N) is 1. The molecule has 1 aliphatic heterocycles. The van der Waals surface area contributed by atoms with E-state index in [1.807, 2.05) is 12.1 Å². The van der Waals surface area contributed by atoms with Crippen molar-refractivity contribution in [2.75, 3.05) is 19.8 Å². The molecule has 0 unspecified atom stereocenters. The van der Waals surface area contributed by atoms with E-state index in [0.29, 0.717) is 11.5 Å². The van der Waals surface area contributed by atoms with E-state index in [2.05, 4.69) is 5.32 Å². The highest BCUT2D eigenvalue weighted by Gasteiger charge is 2.22. The van der Waals surface area contributed by atoms with Crippen LogP contribution in [0.25, 0.3) is 0 Å². The summed E-state index contributed by atoms with van der Waals surface area (Å²) < 4.78 is 16.1. The molecule has 2 aromatic carbocycles. The molecular formula is C18H15ClN2O7. The summed E-state index contributed by atoms with van der Waals surface area (Å²) in [6.07, 6.45) is -0.388. The third kappa shape index (κ3) is 4.68. The number of para-hydroxylation sites is 2. The van der Waals surface area contributed by atoms with Gasteiger partial charge in [-0.2, -0.15) is 0 Å². The zero-order chi connectivity index (χ0) is 20.1. The molecule has 3 rings (SSSR count). The minimum Gasteiger partial charge on any atom is -0.486 e. The Morgan fingerprint density at radius 2 is 2.00 bits per heavy atom. The fraction of sp³-hybridized carbons (Fsp3) is 0.222. The molecule has 0 aliphatic carbocycles. The van der Waals surface area contributed by atoms with E-state index in [-0.39, 0.29) is 35.5 Å². The van der Waals surface area contributed by atoms with Gasteiger partial charge in [0.15, 0.2) is 18.1 Å². The van der Waals surface area contributed by atoms with Gasteiger partial charge in [0.2, 0.25) is 0 Å². The number of fused-ring (bicyclic) bond motifs is 1. The Kier molecular flexibility index (Phi) is 5.95. The summed E-state index contributed by atoms with van der Waals surface area (Å²) in [6, 6.07) is 10.5. The largest absolute Gasteiger partial charge is 0.486 e. The minimum atomic E-state index is -0.935. The number of rotatable bonds is 6. The second-order valence-corrected chi connectivity index (χ2v) is 6.21. The number of esters is 1. The highest BCUT2D eigenvalue weighted by Crippen LogP contribution is 2.30. The molecule has 28 heavy (non-hydrogen) atoms. The fourth-order valence-electron chi connectivity index (χ4n) is 2.43. The van der Waals surface area contributed by atoms with Gasteiger partial charge in [-0.25, -0.2) is 4.79 Å². The van der Waals surface area contributed by atoms with Crippen LogP contribution in [0.2, 0.25) is 5.02 Å². The number of halogens is 1. The van der Waals surface area contributed by atoms with Crippen LogP contribution in [0.4, 0.5) is 5.69 Å². The van der Waals surface area contributed by atoms with Crippen molar-refractivity contribution >= 4 is 29.2 Å². The molecule has 0 saturated heterocycles. The third-order valence-electron chi connectivity index (χ3n) is 3.81. The Morgan fingerprint density at radius 3 is 2.75 bits per heavy atom. The first-order valence-corrected chi connectivity index (χ1v) is 8.58. The fourth-order valence-corrected chi connectivity index (χ4v) is 2.63. The molecule has 1 N–H and O–H groups in total. The number of nitrogens with one attached hydrogen (secondary N) is 1. The lowest BCUT2D eigenvalue weighted by Gasteiger charge is -2.26. The zero-order valence-electron chi connectivity index (χ0n) is 14.4. The lowest BCUT2D eigenvalue weighted by atomic mass is 10.2. The molecule has 1 heterocycles. The van der Waals surface area contributed by atoms with E-state index in [0.717, 1.165) is 12.1 Å². The summed E-state index contributed by atoms with van der Waals surface area (Å²) in [5, 5.41) is 13.4. The summed E-state index contributed by atoms with van der Waals surface area (Å²) in [7, 11) is 0. The zero-order valence-corrected chi connectivity index (χ0v) is 15.2. The first-order chi connectivity index (χ1) is 13.4. The molecule has 1 amide bonds. The molecule has 2 aromatic rings. The molecule has 0 radical (unpaired) electrons. The molecule has 0 bridgehead atoms. The number of hydrogen-bond donors (Lipinski definition) is 1. The highest BCUT2D eigenvalue weighted by molar-refractivity contribution is 6.33. The SMILES string of the molecule is O=C(COC(=O)c1cc([N+](=O)[O-])ccc1Cl)NC[C@@H]1COc2ccccc2O1. The van der Waals surface area contributed by atoms with Gasteiger partial charge in [-0.05, 0) is 18.2 Å². The molecule has 0 saturated carbocycles. The molecule has 9 nitrogen and oxygen atoms in total. The van der Waals surface area contributed by atoms with Crippen LogP contribution in [0.1, 0.15) is 10.4 Å². The van der Waals surface area contributed by atoms with Crippen molar-refractivity contribution in [2.24, 2.45) is 0 Å². The van der Waals surface area contributed by atoms with Crippen LogP contribution < -0.4 is 14.8 Å². The van der Waals surface area contributed by atoms with Crippen LogP contribution >= 0.6 is 11.6 Å². The number of hydrogen-bond acceptors (Lipinski definition) is 7. The molecule has 0 aromatic heterocycles. The second kappa shape index (κ2) is 8.57. The van der Waals surface area contributed by atoms with E-state index < -0.39 is 23.4 Å². The molecule has 10 heteroatoms. The van der Waals surface area contributed by atoms with Crippen molar-refractivity contribution in [1.82, 2.24) is 5.32 Å². The monoisotopic (exact) mass is 406 g/mol. The Labute approximate surface area is 164 Å². The lowest BCUT2D eigenvalue weighted by Crippen LogP contribution is -2.42. The number of carbonyl (C=O) groups is 2.